The molecule has 3 N–H and O–H groups in total. The summed E-state index contributed by atoms with van der Waals surface area (Å²) in [5, 5.41) is 7.93. The van der Waals surface area contributed by atoms with Crippen LogP contribution in [0.2, 0.25) is 0 Å². The lowest BCUT2D eigenvalue weighted by Crippen LogP contribution is -2.38. The van der Waals surface area contributed by atoms with Crippen molar-refractivity contribution in [3.8, 4) is 5.75 Å². The first-order valence-corrected chi connectivity index (χ1v) is 8.57. The number of nitrogens with one attached hydrogen (secondary N) is 1. The maximum atomic E-state index is 12.3. The largest absolute Gasteiger partial charge is 0.496 e. The number of primary sulfonamides is 1. The molecule has 130 valence electrons. The van der Waals surface area contributed by atoms with Crippen LogP contribution in [0.4, 0.5) is 0 Å². The number of amides is 1. The van der Waals surface area contributed by atoms with Crippen LogP contribution in [0.5, 0.6) is 5.75 Å². The summed E-state index contributed by atoms with van der Waals surface area (Å²) in [4.78, 5) is 14.4. The Morgan fingerprint density at radius 1 is 1.48 bits per heavy atom. The number of sulfonamides is 1. The third-order valence-electron chi connectivity index (χ3n) is 3.91. The standard InChI is InChI=1S/C14H21N3O4S.ClH/c1-17-7-3-4-10(17)9-16-14(18)12-8-11(22(15,19)20)5-6-13(12)21-2;/h5-6,8,10H,3-4,7,9H2,1-2H3,(H,16,18)(H2,15,19,20);1H. The molecule has 0 bridgehead atoms. The molecule has 1 amide bonds. The lowest BCUT2D eigenvalue weighted by Gasteiger charge is -2.20. The molecule has 23 heavy (non-hydrogen) atoms. The minimum atomic E-state index is -3.87. The van der Waals surface area contributed by atoms with Crippen molar-refractivity contribution in [2.75, 3.05) is 27.2 Å². The zero-order valence-corrected chi connectivity index (χ0v) is 14.7. The summed E-state index contributed by atoms with van der Waals surface area (Å²) in [6.07, 6.45) is 2.15. The molecule has 1 aromatic carbocycles. The number of halogens is 1. The minimum Gasteiger partial charge on any atom is -0.496 e. The number of methoxy groups -OCH3 is 1. The van der Waals surface area contributed by atoms with Crippen LogP contribution in [0.25, 0.3) is 0 Å². The molecule has 7 nitrogen and oxygen atoms in total. The van der Waals surface area contributed by atoms with Gasteiger partial charge in [-0.25, -0.2) is 13.6 Å². The van der Waals surface area contributed by atoms with Crippen LogP contribution < -0.4 is 15.2 Å². The van der Waals surface area contributed by atoms with Gasteiger partial charge in [0.1, 0.15) is 5.75 Å². The van der Waals surface area contributed by atoms with Gasteiger partial charge in [0.2, 0.25) is 10.0 Å². The number of hydrogen-bond acceptors (Lipinski definition) is 5. The van der Waals surface area contributed by atoms with Gasteiger partial charge in [-0.2, -0.15) is 0 Å². The highest BCUT2D eigenvalue weighted by atomic mass is 35.5. The van der Waals surface area contributed by atoms with Crippen molar-refractivity contribution < 1.29 is 17.9 Å². The first kappa shape index (κ1) is 19.7. The van der Waals surface area contributed by atoms with E-state index in [-0.39, 0.29) is 28.8 Å². The second kappa shape index (κ2) is 7.96. The fourth-order valence-corrected chi connectivity index (χ4v) is 3.12. The van der Waals surface area contributed by atoms with Gasteiger partial charge in [0, 0.05) is 12.6 Å². The van der Waals surface area contributed by atoms with E-state index in [1.165, 1.54) is 25.3 Å². The molecule has 2 rings (SSSR count). The molecular weight excluding hydrogens is 342 g/mol. The van der Waals surface area contributed by atoms with Gasteiger partial charge in [0.25, 0.3) is 5.91 Å². The van der Waals surface area contributed by atoms with Gasteiger partial charge in [-0.3, -0.25) is 4.79 Å². The Labute approximate surface area is 142 Å². The number of hydrogen-bond donors (Lipinski definition) is 2. The van der Waals surface area contributed by atoms with Crippen LogP contribution in [0.3, 0.4) is 0 Å². The molecule has 1 heterocycles. The fourth-order valence-electron chi connectivity index (χ4n) is 2.58. The zero-order chi connectivity index (χ0) is 16.3. The van der Waals surface area contributed by atoms with E-state index >= 15 is 0 Å². The molecule has 0 spiro atoms. The number of nitrogens with two attached hydrogens (primary N) is 1. The Morgan fingerprint density at radius 3 is 2.70 bits per heavy atom. The van der Waals surface area contributed by atoms with Gasteiger partial charge in [-0.1, -0.05) is 0 Å². The monoisotopic (exact) mass is 363 g/mol. The maximum absolute atomic E-state index is 12.3. The quantitative estimate of drug-likeness (QED) is 0.797. The third kappa shape index (κ3) is 4.81. The average molecular weight is 364 g/mol. The number of carbonyl (C=O) groups is 1. The van der Waals surface area contributed by atoms with E-state index in [1.54, 1.807) is 0 Å². The number of ether oxygens (including phenoxy) is 1. The Balaban J connectivity index is 0.00000264. The highest BCUT2D eigenvalue weighted by Crippen LogP contribution is 2.22. The molecule has 0 radical (unpaired) electrons. The molecule has 0 aromatic heterocycles. The summed E-state index contributed by atoms with van der Waals surface area (Å²) in [6, 6.07) is 4.28. The summed E-state index contributed by atoms with van der Waals surface area (Å²) < 4.78 is 28.0. The van der Waals surface area contributed by atoms with Crippen molar-refractivity contribution in [3.63, 3.8) is 0 Å². The SMILES string of the molecule is COc1ccc(S(N)(=O)=O)cc1C(=O)NCC1CCCN1C.Cl. The molecule has 1 aliphatic rings. The number of benzene rings is 1. The lowest BCUT2D eigenvalue weighted by atomic mass is 10.1. The van der Waals surface area contributed by atoms with Gasteiger partial charge in [0.15, 0.2) is 0 Å². The highest BCUT2D eigenvalue weighted by molar-refractivity contribution is 7.89. The second-order valence-electron chi connectivity index (χ2n) is 5.39. The molecule has 1 atom stereocenters. The minimum absolute atomic E-state index is 0. The predicted octanol–water partition coefficient (Wildman–Crippen LogP) is 0.588. The first-order chi connectivity index (χ1) is 10.3. The van der Waals surface area contributed by atoms with Gasteiger partial charge in [0.05, 0.1) is 17.6 Å². The van der Waals surface area contributed by atoms with E-state index in [2.05, 4.69) is 10.2 Å². The number of rotatable bonds is 5. The number of nitrogens with zero attached hydrogens (tertiary/aromatic N) is 1. The Bertz CT molecular complexity index is 666. The van der Waals surface area contributed by atoms with Crippen LogP contribution in [0.1, 0.15) is 23.2 Å². The molecule has 1 aromatic rings. The lowest BCUT2D eigenvalue weighted by molar-refractivity contribution is 0.0940. The number of likely N-dealkylation sites (tertiary alicyclic amines) is 1. The fraction of sp³-hybridized carbons (Fsp3) is 0.500. The van der Waals surface area contributed by atoms with Crippen LogP contribution in [-0.4, -0.2) is 52.5 Å². The smallest absolute Gasteiger partial charge is 0.255 e. The summed E-state index contributed by atoms with van der Waals surface area (Å²) in [5.74, 6) is -0.0627. The Hall–Kier alpha value is -1.35. The highest BCUT2D eigenvalue weighted by Gasteiger charge is 2.23. The number of likely N-dealkylation sites (N-methyl/N-ethyl adjacent to an activating group) is 1. The van der Waals surface area contributed by atoms with E-state index in [4.69, 9.17) is 9.88 Å². The van der Waals surface area contributed by atoms with Crippen LogP contribution in [0.15, 0.2) is 23.1 Å². The van der Waals surface area contributed by atoms with Crippen molar-refractivity contribution in [2.24, 2.45) is 5.14 Å². The third-order valence-corrected chi connectivity index (χ3v) is 4.82. The van der Waals surface area contributed by atoms with E-state index in [9.17, 15) is 13.2 Å². The van der Waals surface area contributed by atoms with Gasteiger partial charge < -0.3 is 15.0 Å². The normalized spacial score (nSPS) is 18.3. The molecule has 9 heteroatoms. The molecule has 0 saturated carbocycles. The van der Waals surface area contributed by atoms with Crippen molar-refractivity contribution in [3.05, 3.63) is 23.8 Å². The van der Waals surface area contributed by atoms with E-state index in [1.807, 2.05) is 7.05 Å². The van der Waals surface area contributed by atoms with E-state index in [0.717, 1.165) is 19.4 Å². The Kier molecular flexibility index (Phi) is 6.82. The van der Waals surface area contributed by atoms with Crippen molar-refractivity contribution >= 4 is 28.3 Å². The topological polar surface area (TPSA) is 102 Å². The van der Waals surface area contributed by atoms with Crippen LogP contribution in [0, 0.1) is 0 Å². The summed E-state index contributed by atoms with van der Waals surface area (Å²) >= 11 is 0. The maximum Gasteiger partial charge on any atom is 0.255 e. The number of carbonyl (C=O) groups excluding carboxylic acids is 1. The van der Waals surface area contributed by atoms with Gasteiger partial charge >= 0.3 is 0 Å². The summed E-state index contributed by atoms with van der Waals surface area (Å²) in [7, 11) is -0.423. The first-order valence-electron chi connectivity index (χ1n) is 7.02. The second-order valence-corrected chi connectivity index (χ2v) is 6.96. The molecule has 1 aliphatic heterocycles. The molecule has 1 saturated heterocycles. The summed E-state index contributed by atoms with van der Waals surface area (Å²) in [5.41, 5.74) is 0.162. The van der Waals surface area contributed by atoms with Crippen molar-refractivity contribution in [1.29, 1.82) is 0 Å². The Morgan fingerprint density at radius 2 is 2.17 bits per heavy atom. The van der Waals surface area contributed by atoms with E-state index in [0.29, 0.717) is 18.3 Å². The molecule has 1 unspecified atom stereocenters. The molecule has 1 fully saturated rings. The average Bonchev–Trinajstić information content (AvgIpc) is 2.88. The molecule has 0 aliphatic carbocycles. The predicted molar refractivity (Wildman–Crippen MR) is 89.6 cm³/mol. The molecular formula is C14H22ClN3O4S. The van der Waals surface area contributed by atoms with E-state index < -0.39 is 10.0 Å². The zero-order valence-electron chi connectivity index (χ0n) is 13.1. The van der Waals surface area contributed by atoms with Crippen molar-refractivity contribution in [1.82, 2.24) is 10.2 Å². The van der Waals surface area contributed by atoms with Crippen molar-refractivity contribution in [2.45, 2.75) is 23.8 Å². The van der Waals surface area contributed by atoms with Crippen LogP contribution in [-0.2, 0) is 10.0 Å². The van der Waals surface area contributed by atoms with Gasteiger partial charge in [-0.05, 0) is 44.6 Å². The van der Waals surface area contributed by atoms with Gasteiger partial charge in [-0.15, -0.1) is 12.4 Å². The van der Waals surface area contributed by atoms with Crippen LogP contribution >= 0.6 is 12.4 Å². The summed E-state index contributed by atoms with van der Waals surface area (Å²) in [6.45, 7) is 1.53.